The normalized spacial score (nSPS) is 26.1. The summed E-state index contributed by atoms with van der Waals surface area (Å²) in [5.41, 5.74) is -1.74. The lowest BCUT2D eigenvalue weighted by molar-refractivity contribution is -0.193. The van der Waals surface area contributed by atoms with Crippen LogP contribution in [0.15, 0.2) is 10.6 Å². The molecule has 122 valence electrons. The summed E-state index contributed by atoms with van der Waals surface area (Å²) >= 11 is 0. The third-order valence-corrected chi connectivity index (χ3v) is 4.47. The van der Waals surface area contributed by atoms with Crippen LogP contribution in [-0.4, -0.2) is 42.2 Å². The zero-order chi connectivity index (χ0) is 16.5. The average molecular weight is 310 g/mol. The molecule has 1 N–H and O–H groups in total. The molecule has 1 aliphatic rings. The number of aryl methyl sites for hydroxylation is 1. The largest absolute Gasteiger partial charge is 0.467 e. The summed E-state index contributed by atoms with van der Waals surface area (Å²) in [7, 11) is 1.30. The van der Waals surface area contributed by atoms with Crippen LogP contribution >= 0.6 is 0 Å². The van der Waals surface area contributed by atoms with E-state index in [0.717, 1.165) is 0 Å². The number of aromatic nitrogens is 1. The van der Waals surface area contributed by atoms with Crippen molar-refractivity contribution in [1.29, 1.82) is 0 Å². The number of ether oxygens (including phenoxy) is 2. The van der Waals surface area contributed by atoms with E-state index in [9.17, 15) is 9.59 Å². The fourth-order valence-electron chi connectivity index (χ4n) is 2.91. The van der Waals surface area contributed by atoms with Gasteiger partial charge in [0, 0.05) is 25.4 Å². The molecule has 1 heterocycles. The van der Waals surface area contributed by atoms with Crippen molar-refractivity contribution in [2.45, 2.75) is 45.8 Å². The second-order valence-electron chi connectivity index (χ2n) is 5.96. The highest BCUT2D eigenvalue weighted by atomic mass is 16.5. The van der Waals surface area contributed by atoms with E-state index in [0.29, 0.717) is 18.9 Å². The van der Waals surface area contributed by atoms with Gasteiger partial charge in [0.15, 0.2) is 5.89 Å². The van der Waals surface area contributed by atoms with Crippen LogP contribution in [-0.2, 0) is 14.3 Å². The molecule has 0 saturated heterocycles. The number of oxazole rings is 1. The Morgan fingerprint density at radius 2 is 2.18 bits per heavy atom. The van der Waals surface area contributed by atoms with E-state index in [1.165, 1.54) is 13.3 Å². The fraction of sp³-hybridized carbons (Fsp3) is 0.667. The van der Waals surface area contributed by atoms with Crippen molar-refractivity contribution in [3.63, 3.8) is 0 Å². The molecular weight excluding hydrogens is 288 g/mol. The van der Waals surface area contributed by atoms with Crippen molar-refractivity contribution in [1.82, 2.24) is 10.3 Å². The molecule has 7 heteroatoms. The Hall–Kier alpha value is -1.89. The van der Waals surface area contributed by atoms with Gasteiger partial charge in [-0.1, -0.05) is 13.8 Å². The summed E-state index contributed by atoms with van der Waals surface area (Å²) in [5.74, 6) is -0.527. The smallest absolute Gasteiger partial charge is 0.332 e. The molecule has 0 radical (unpaired) electrons. The van der Waals surface area contributed by atoms with Gasteiger partial charge in [0.2, 0.25) is 5.76 Å². The summed E-state index contributed by atoms with van der Waals surface area (Å²) in [4.78, 5) is 28.5. The van der Waals surface area contributed by atoms with E-state index in [2.05, 4.69) is 10.3 Å². The highest BCUT2D eigenvalue weighted by Crippen LogP contribution is 2.52. The van der Waals surface area contributed by atoms with Gasteiger partial charge in [-0.25, -0.2) is 9.78 Å². The molecule has 1 aliphatic carbocycles. The number of esters is 1. The highest BCUT2D eigenvalue weighted by molar-refractivity contribution is 5.97. The van der Waals surface area contributed by atoms with Crippen LogP contribution in [0.1, 0.15) is 43.6 Å². The minimum atomic E-state index is -1.14. The van der Waals surface area contributed by atoms with Gasteiger partial charge in [-0.05, 0) is 6.92 Å². The molecule has 2 rings (SSSR count). The number of carbonyl (C=O) groups is 2. The van der Waals surface area contributed by atoms with E-state index in [1.54, 1.807) is 6.92 Å². The molecule has 0 spiro atoms. The third kappa shape index (κ3) is 2.39. The Morgan fingerprint density at radius 1 is 1.50 bits per heavy atom. The summed E-state index contributed by atoms with van der Waals surface area (Å²) in [5, 5.41) is 2.76. The van der Waals surface area contributed by atoms with Crippen molar-refractivity contribution >= 4 is 11.9 Å². The standard InChI is InChI=1S/C15H22N2O5/c1-6-21-11-7-15(13(19)20-5,14(11,3)4)17-12(18)10-8-16-9(2)22-10/h8,11H,6-7H2,1-5H3,(H,17,18)/t11-,15-/m1/s1. The predicted octanol–water partition coefficient (Wildman–Crippen LogP) is 1.46. The Labute approximate surface area is 129 Å². The monoisotopic (exact) mass is 310 g/mol. The molecule has 0 aliphatic heterocycles. The zero-order valence-corrected chi connectivity index (χ0v) is 13.6. The van der Waals surface area contributed by atoms with Gasteiger partial charge >= 0.3 is 5.97 Å². The SMILES string of the molecule is CCO[C@@H]1C[C@@](NC(=O)c2cnc(C)o2)(C(=O)OC)C1(C)C. The van der Waals surface area contributed by atoms with Gasteiger partial charge in [0.25, 0.3) is 5.91 Å². The minimum absolute atomic E-state index is 0.0661. The van der Waals surface area contributed by atoms with Gasteiger partial charge in [0.1, 0.15) is 5.54 Å². The molecule has 2 atom stereocenters. The van der Waals surface area contributed by atoms with Crippen LogP contribution in [0.2, 0.25) is 0 Å². The van der Waals surface area contributed by atoms with E-state index in [-0.39, 0.29) is 11.9 Å². The lowest BCUT2D eigenvalue weighted by Gasteiger charge is -2.58. The number of methoxy groups -OCH3 is 1. The van der Waals surface area contributed by atoms with Crippen molar-refractivity contribution < 1.29 is 23.5 Å². The van der Waals surface area contributed by atoms with Crippen LogP contribution in [0.25, 0.3) is 0 Å². The Bertz CT molecular complexity index is 580. The number of nitrogens with zero attached hydrogens (tertiary/aromatic N) is 1. The lowest BCUT2D eigenvalue weighted by Crippen LogP contribution is -2.76. The second-order valence-corrected chi connectivity index (χ2v) is 5.96. The van der Waals surface area contributed by atoms with Crippen LogP contribution in [0.5, 0.6) is 0 Å². The number of amides is 1. The van der Waals surface area contributed by atoms with Gasteiger partial charge in [-0.3, -0.25) is 4.79 Å². The van der Waals surface area contributed by atoms with Crippen molar-refractivity contribution in [3.8, 4) is 0 Å². The Balaban J connectivity index is 2.25. The first-order chi connectivity index (χ1) is 10.3. The third-order valence-electron chi connectivity index (χ3n) is 4.47. The van der Waals surface area contributed by atoms with Gasteiger partial charge in [-0.2, -0.15) is 0 Å². The number of hydrogen-bond donors (Lipinski definition) is 1. The first-order valence-electron chi connectivity index (χ1n) is 7.23. The Kier molecular flexibility index (Phi) is 4.28. The van der Waals surface area contributed by atoms with E-state index >= 15 is 0 Å². The Morgan fingerprint density at radius 3 is 2.64 bits per heavy atom. The molecule has 1 saturated carbocycles. The van der Waals surface area contributed by atoms with Gasteiger partial charge in [-0.15, -0.1) is 0 Å². The maximum Gasteiger partial charge on any atom is 0.332 e. The van der Waals surface area contributed by atoms with E-state index < -0.39 is 22.8 Å². The maximum atomic E-state index is 12.3. The quantitative estimate of drug-likeness (QED) is 0.828. The predicted molar refractivity (Wildman–Crippen MR) is 77.3 cm³/mol. The number of hydrogen-bond acceptors (Lipinski definition) is 6. The van der Waals surface area contributed by atoms with Crippen LogP contribution < -0.4 is 5.32 Å². The zero-order valence-electron chi connectivity index (χ0n) is 13.6. The molecule has 1 aromatic heterocycles. The molecule has 0 bridgehead atoms. The average Bonchev–Trinajstić information content (AvgIpc) is 2.91. The van der Waals surface area contributed by atoms with Crippen LogP contribution in [0.4, 0.5) is 0 Å². The fourth-order valence-corrected chi connectivity index (χ4v) is 2.91. The topological polar surface area (TPSA) is 90.7 Å². The van der Waals surface area contributed by atoms with Crippen molar-refractivity contribution in [2.75, 3.05) is 13.7 Å². The van der Waals surface area contributed by atoms with E-state index in [1.807, 2.05) is 20.8 Å². The molecule has 22 heavy (non-hydrogen) atoms. The molecular formula is C15H22N2O5. The molecule has 7 nitrogen and oxygen atoms in total. The summed E-state index contributed by atoms with van der Waals surface area (Å²) < 4.78 is 15.8. The highest BCUT2D eigenvalue weighted by Gasteiger charge is 2.67. The molecule has 1 amide bonds. The first-order valence-corrected chi connectivity index (χ1v) is 7.23. The van der Waals surface area contributed by atoms with E-state index in [4.69, 9.17) is 13.9 Å². The number of rotatable bonds is 5. The number of nitrogens with one attached hydrogen (secondary N) is 1. The molecule has 0 unspecified atom stereocenters. The van der Waals surface area contributed by atoms with Crippen molar-refractivity contribution in [2.24, 2.45) is 5.41 Å². The summed E-state index contributed by atoms with van der Waals surface area (Å²) in [6, 6.07) is 0. The van der Waals surface area contributed by atoms with Crippen molar-refractivity contribution in [3.05, 3.63) is 17.8 Å². The first kappa shape index (κ1) is 16.5. The second kappa shape index (κ2) is 5.72. The molecule has 1 aromatic rings. The lowest BCUT2D eigenvalue weighted by atomic mass is 9.54. The van der Waals surface area contributed by atoms with Gasteiger partial charge in [0.05, 0.1) is 19.4 Å². The number of carbonyl (C=O) groups excluding carboxylic acids is 2. The van der Waals surface area contributed by atoms with Gasteiger partial charge < -0.3 is 19.2 Å². The maximum absolute atomic E-state index is 12.3. The summed E-state index contributed by atoms with van der Waals surface area (Å²) in [6.07, 6.45) is 1.56. The molecule has 0 aromatic carbocycles. The summed E-state index contributed by atoms with van der Waals surface area (Å²) in [6.45, 7) is 7.83. The molecule has 1 fully saturated rings. The minimum Gasteiger partial charge on any atom is -0.467 e. The van der Waals surface area contributed by atoms with Crippen LogP contribution in [0.3, 0.4) is 0 Å². The van der Waals surface area contributed by atoms with Crippen LogP contribution in [0, 0.1) is 12.3 Å².